The molecule has 0 saturated heterocycles. The molecule has 1 aromatic heterocycles. The van der Waals surface area contributed by atoms with Gasteiger partial charge in [-0.1, -0.05) is 26.2 Å². The SMILES string of the molecule is CCC1CCC(CNCc2cn(C)c(=O)n(C)c2=O)CC1. The molecule has 21 heavy (non-hydrogen) atoms. The van der Waals surface area contributed by atoms with Crippen molar-refractivity contribution < 1.29 is 0 Å². The standard InChI is InChI=1S/C16H27N3O2/c1-4-12-5-7-13(8-6-12)9-17-10-14-11-18(2)16(21)19(3)15(14)20/h11-13,17H,4-10H2,1-3H3. The number of hydrogen-bond acceptors (Lipinski definition) is 3. The van der Waals surface area contributed by atoms with Gasteiger partial charge in [-0.25, -0.2) is 4.79 Å². The lowest BCUT2D eigenvalue weighted by Crippen LogP contribution is -2.40. The summed E-state index contributed by atoms with van der Waals surface area (Å²) >= 11 is 0. The molecule has 118 valence electrons. The van der Waals surface area contributed by atoms with Gasteiger partial charge in [-0.15, -0.1) is 0 Å². The van der Waals surface area contributed by atoms with Gasteiger partial charge in [0, 0.05) is 32.4 Å². The average molecular weight is 293 g/mol. The quantitative estimate of drug-likeness (QED) is 0.892. The Morgan fingerprint density at radius 1 is 1.14 bits per heavy atom. The van der Waals surface area contributed by atoms with E-state index in [-0.39, 0.29) is 11.2 Å². The molecule has 1 fully saturated rings. The minimum atomic E-state index is -0.276. The second-order valence-corrected chi connectivity index (χ2v) is 6.34. The van der Waals surface area contributed by atoms with Gasteiger partial charge in [-0.3, -0.25) is 9.36 Å². The van der Waals surface area contributed by atoms with Crippen molar-refractivity contribution in [3.05, 3.63) is 32.6 Å². The van der Waals surface area contributed by atoms with Crippen LogP contribution in [0, 0.1) is 11.8 Å². The Kier molecular flexibility index (Phi) is 5.39. The minimum Gasteiger partial charge on any atom is -0.312 e. The summed E-state index contributed by atoms with van der Waals surface area (Å²) in [4.78, 5) is 23.6. The highest BCUT2D eigenvalue weighted by molar-refractivity contribution is 5.05. The van der Waals surface area contributed by atoms with E-state index >= 15 is 0 Å². The van der Waals surface area contributed by atoms with Gasteiger partial charge in [0.1, 0.15) is 0 Å². The van der Waals surface area contributed by atoms with Gasteiger partial charge in [0.25, 0.3) is 5.56 Å². The first-order chi connectivity index (χ1) is 10.0. The van der Waals surface area contributed by atoms with Crippen molar-refractivity contribution in [2.45, 2.75) is 45.6 Å². The molecule has 1 N–H and O–H groups in total. The predicted octanol–water partition coefficient (Wildman–Crippen LogP) is 1.39. The van der Waals surface area contributed by atoms with Crippen LogP contribution in [0.5, 0.6) is 0 Å². The average Bonchev–Trinajstić information content (AvgIpc) is 2.51. The summed E-state index contributed by atoms with van der Waals surface area (Å²) < 4.78 is 2.63. The first kappa shape index (κ1) is 16.0. The summed E-state index contributed by atoms with van der Waals surface area (Å²) in [5.74, 6) is 1.64. The first-order valence-corrected chi connectivity index (χ1v) is 7.99. The summed E-state index contributed by atoms with van der Waals surface area (Å²) in [5, 5.41) is 3.39. The van der Waals surface area contributed by atoms with E-state index in [1.54, 1.807) is 13.2 Å². The fraction of sp³-hybridized carbons (Fsp3) is 0.750. The third-order valence-corrected chi connectivity index (χ3v) is 4.81. The van der Waals surface area contributed by atoms with E-state index in [4.69, 9.17) is 0 Å². The van der Waals surface area contributed by atoms with Crippen LogP contribution in [0.15, 0.2) is 15.8 Å². The molecule has 0 spiro atoms. The third kappa shape index (κ3) is 3.84. The lowest BCUT2D eigenvalue weighted by Gasteiger charge is -2.27. The Morgan fingerprint density at radius 3 is 2.38 bits per heavy atom. The molecule has 0 aromatic carbocycles. The van der Waals surface area contributed by atoms with Crippen LogP contribution in [0.25, 0.3) is 0 Å². The number of nitrogens with zero attached hydrogens (tertiary/aromatic N) is 2. The zero-order chi connectivity index (χ0) is 15.4. The van der Waals surface area contributed by atoms with Crippen LogP contribution in [0.4, 0.5) is 0 Å². The van der Waals surface area contributed by atoms with Crippen molar-refractivity contribution in [1.29, 1.82) is 0 Å². The van der Waals surface area contributed by atoms with E-state index < -0.39 is 0 Å². The van der Waals surface area contributed by atoms with E-state index in [2.05, 4.69) is 12.2 Å². The van der Waals surface area contributed by atoms with Gasteiger partial charge in [-0.05, 0) is 31.2 Å². The van der Waals surface area contributed by atoms with Crippen molar-refractivity contribution >= 4 is 0 Å². The van der Waals surface area contributed by atoms with E-state index in [9.17, 15) is 9.59 Å². The summed E-state index contributed by atoms with van der Waals surface area (Å²) in [7, 11) is 3.21. The third-order valence-electron chi connectivity index (χ3n) is 4.81. The molecule has 1 saturated carbocycles. The van der Waals surface area contributed by atoms with Crippen molar-refractivity contribution in [2.24, 2.45) is 25.9 Å². The first-order valence-electron chi connectivity index (χ1n) is 7.99. The van der Waals surface area contributed by atoms with E-state index in [1.165, 1.54) is 48.3 Å². The summed E-state index contributed by atoms with van der Waals surface area (Å²) in [6, 6.07) is 0. The molecule has 1 aliphatic rings. The van der Waals surface area contributed by atoms with E-state index in [1.807, 2.05) is 0 Å². The Morgan fingerprint density at radius 2 is 1.76 bits per heavy atom. The van der Waals surface area contributed by atoms with Crippen molar-refractivity contribution in [2.75, 3.05) is 6.54 Å². The van der Waals surface area contributed by atoms with Crippen LogP contribution >= 0.6 is 0 Å². The molecule has 0 unspecified atom stereocenters. The topological polar surface area (TPSA) is 56.0 Å². The fourth-order valence-corrected chi connectivity index (χ4v) is 3.26. The van der Waals surface area contributed by atoms with Crippen molar-refractivity contribution in [1.82, 2.24) is 14.5 Å². The summed E-state index contributed by atoms with van der Waals surface area (Å²) in [5.41, 5.74) is 0.184. The lowest BCUT2D eigenvalue weighted by molar-refractivity contribution is 0.262. The normalized spacial score (nSPS) is 22.4. The van der Waals surface area contributed by atoms with Crippen LogP contribution in [0.3, 0.4) is 0 Å². The molecule has 5 heteroatoms. The molecule has 0 radical (unpaired) electrons. The zero-order valence-electron chi connectivity index (χ0n) is 13.4. The largest absolute Gasteiger partial charge is 0.330 e. The zero-order valence-corrected chi connectivity index (χ0v) is 13.4. The van der Waals surface area contributed by atoms with Gasteiger partial charge >= 0.3 is 5.69 Å². The molecule has 1 aliphatic carbocycles. The Labute approximate surface area is 126 Å². The Bertz CT molecular complexity index is 580. The highest BCUT2D eigenvalue weighted by atomic mass is 16.2. The van der Waals surface area contributed by atoms with Crippen LogP contribution in [-0.4, -0.2) is 15.7 Å². The second-order valence-electron chi connectivity index (χ2n) is 6.34. The van der Waals surface area contributed by atoms with Gasteiger partial charge in [0.15, 0.2) is 0 Å². The van der Waals surface area contributed by atoms with Crippen molar-refractivity contribution in [3.63, 3.8) is 0 Å². The minimum absolute atomic E-state index is 0.194. The van der Waals surface area contributed by atoms with Gasteiger partial charge in [-0.2, -0.15) is 0 Å². The maximum absolute atomic E-state index is 12.0. The monoisotopic (exact) mass is 293 g/mol. The molecule has 1 heterocycles. The molecule has 5 nitrogen and oxygen atoms in total. The molecule has 0 bridgehead atoms. The van der Waals surface area contributed by atoms with Gasteiger partial charge in [0.2, 0.25) is 0 Å². The molecule has 0 amide bonds. The molecular weight excluding hydrogens is 266 g/mol. The number of aromatic nitrogens is 2. The van der Waals surface area contributed by atoms with Gasteiger partial charge in [0.05, 0.1) is 0 Å². The van der Waals surface area contributed by atoms with Crippen molar-refractivity contribution in [3.8, 4) is 0 Å². The van der Waals surface area contributed by atoms with E-state index in [0.29, 0.717) is 12.1 Å². The van der Waals surface area contributed by atoms with Crippen LogP contribution < -0.4 is 16.6 Å². The maximum Gasteiger partial charge on any atom is 0.330 e. The highest BCUT2D eigenvalue weighted by Crippen LogP contribution is 2.30. The van der Waals surface area contributed by atoms with Gasteiger partial charge < -0.3 is 9.88 Å². The number of aryl methyl sites for hydroxylation is 1. The summed E-state index contributed by atoms with van der Waals surface area (Å²) in [6.07, 6.45) is 8.20. The Hall–Kier alpha value is -1.36. The smallest absolute Gasteiger partial charge is 0.312 e. The number of hydrogen-bond donors (Lipinski definition) is 1. The highest BCUT2D eigenvalue weighted by Gasteiger charge is 2.19. The predicted molar refractivity (Wildman–Crippen MR) is 84.4 cm³/mol. The second kappa shape index (κ2) is 7.07. The fourth-order valence-electron chi connectivity index (χ4n) is 3.26. The molecular formula is C16H27N3O2. The number of nitrogens with one attached hydrogen (secondary N) is 1. The molecule has 1 aromatic rings. The van der Waals surface area contributed by atoms with E-state index in [0.717, 1.165) is 18.4 Å². The molecule has 0 aliphatic heterocycles. The molecule has 2 rings (SSSR count). The van der Waals surface area contributed by atoms with Crippen LogP contribution in [0.2, 0.25) is 0 Å². The molecule has 0 atom stereocenters. The van der Waals surface area contributed by atoms with Crippen LogP contribution in [-0.2, 0) is 20.6 Å². The lowest BCUT2D eigenvalue weighted by atomic mass is 9.81. The maximum atomic E-state index is 12.0. The number of rotatable bonds is 5. The van der Waals surface area contributed by atoms with Crippen LogP contribution in [0.1, 0.15) is 44.6 Å². The Balaban J connectivity index is 1.87. The summed E-state index contributed by atoms with van der Waals surface area (Å²) in [6.45, 7) is 3.77.